The van der Waals surface area contributed by atoms with Gasteiger partial charge in [0.2, 0.25) is 0 Å². The van der Waals surface area contributed by atoms with E-state index in [4.69, 9.17) is 0 Å². The number of nitrogens with one attached hydrogen (secondary N) is 1. The van der Waals surface area contributed by atoms with Crippen LogP contribution in [0.25, 0.3) is 0 Å². The first-order valence-electron chi connectivity index (χ1n) is 7.27. The maximum absolute atomic E-state index is 4.44. The van der Waals surface area contributed by atoms with Gasteiger partial charge in [0.05, 0.1) is 5.69 Å². The van der Waals surface area contributed by atoms with Gasteiger partial charge in [0, 0.05) is 37.6 Å². The molecule has 1 unspecified atom stereocenters. The zero-order valence-electron chi connectivity index (χ0n) is 12.4. The predicted molar refractivity (Wildman–Crippen MR) is 80.5 cm³/mol. The van der Waals surface area contributed by atoms with E-state index in [0.717, 1.165) is 38.3 Å². The number of hydrogen-bond donors (Lipinski definition) is 1. The molecule has 1 aliphatic heterocycles. The maximum Gasteiger partial charge on any atom is 0.0562 e. The van der Waals surface area contributed by atoms with Crippen molar-refractivity contribution < 1.29 is 0 Å². The number of likely N-dealkylation sites (N-methyl/N-ethyl adjacent to an activating group) is 1. The molecule has 0 radical (unpaired) electrons. The van der Waals surface area contributed by atoms with E-state index in [1.807, 2.05) is 6.20 Å². The van der Waals surface area contributed by atoms with E-state index in [9.17, 15) is 0 Å². The first kappa shape index (κ1) is 14.3. The van der Waals surface area contributed by atoms with Crippen molar-refractivity contribution in [2.24, 2.45) is 0 Å². The van der Waals surface area contributed by atoms with E-state index in [2.05, 4.69) is 53.3 Å². The Hall–Kier alpha value is -1.13. The third-order valence-electron chi connectivity index (χ3n) is 3.79. The number of hydrogen-bond acceptors (Lipinski definition) is 4. The third-order valence-corrected chi connectivity index (χ3v) is 3.79. The molecule has 106 valence electrons. The minimum atomic E-state index is 0.676. The normalized spacial score (nSPS) is 19.4. The summed E-state index contributed by atoms with van der Waals surface area (Å²) in [6, 6.07) is 5.03. The topological polar surface area (TPSA) is 31.4 Å². The molecule has 19 heavy (non-hydrogen) atoms. The molecule has 0 aliphatic carbocycles. The lowest BCUT2D eigenvalue weighted by Gasteiger charge is -2.22. The summed E-state index contributed by atoms with van der Waals surface area (Å²) in [4.78, 5) is 9.23. The van der Waals surface area contributed by atoms with Crippen molar-refractivity contribution in [1.82, 2.24) is 15.2 Å². The van der Waals surface area contributed by atoms with Crippen molar-refractivity contribution in [3.8, 4) is 0 Å². The minimum Gasteiger partial charge on any atom is -0.370 e. The maximum atomic E-state index is 4.44. The lowest BCUT2D eigenvalue weighted by atomic mass is 10.2. The highest BCUT2D eigenvalue weighted by Crippen LogP contribution is 2.22. The van der Waals surface area contributed by atoms with Crippen molar-refractivity contribution in [2.45, 2.75) is 32.4 Å². The van der Waals surface area contributed by atoms with Crippen LogP contribution in [0.5, 0.6) is 0 Å². The van der Waals surface area contributed by atoms with Crippen LogP contribution in [0, 0.1) is 0 Å². The number of pyridine rings is 1. The molecule has 1 aliphatic rings. The van der Waals surface area contributed by atoms with Crippen LogP contribution in [0.15, 0.2) is 18.3 Å². The lowest BCUT2D eigenvalue weighted by Crippen LogP contribution is -2.31. The second-order valence-electron chi connectivity index (χ2n) is 5.53. The SMILES string of the molecule is CCCNCc1cc(N2CCC(N(C)C)C2)ccn1. The Morgan fingerprint density at radius 3 is 3.00 bits per heavy atom. The molecule has 0 aromatic carbocycles. The Morgan fingerprint density at radius 1 is 1.47 bits per heavy atom. The zero-order valence-corrected chi connectivity index (χ0v) is 12.4. The van der Waals surface area contributed by atoms with E-state index in [1.54, 1.807) is 0 Å². The Bertz CT molecular complexity index is 391. The summed E-state index contributed by atoms with van der Waals surface area (Å²) in [6.07, 6.45) is 4.34. The van der Waals surface area contributed by atoms with Crippen molar-refractivity contribution >= 4 is 5.69 Å². The number of anilines is 1. The van der Waals surface area contributed by atoms with Crippen LogP contribution in [0.1, 0.15) is 25.5 Å². The van der Waals surface area contributed by atoms with Gasteiger partial charge in [-0.05, 0) is 45.6 Å². The van der Waals surface area contributed by atoms with Crippen LogP contribution in [0.4, 0.5) is 5.69 Å². The second kappa shape index (κ2) is 6.87. The molecule has 0 saturated carbocycles. The monoisotopic (exact) mass is 262 g/mol. The van der Waals surface area contributed by atoms with Crippen molar-refractivity contribution in [1.29, 1.82) is 0 Å². The third kappa shape index (κ3) is 3.91. The molecular weight excluding hydrogens is 236 g/mol. The van der Waals surface area contributed by atoms with Crippen LogP contribution in [-0.4, -0.2) is 49.7 Å². The predicted octanol–water partition coefficient (Wildman–Crippen LogP) is 1.72. The van der Waals surface area contributed by atoms with Gasteiger partial charge in [-0.2, -0.15) is 0 Å². The molecule has 1 fully saturated rings. The smallest absolute Gasteiger partial charge is 0.0562 e. The molecule has 2 heterocycles. The summed E-state index contributed by atoms with van der Waals surface area (Å²) in [5.74, 6) is 0. The summed E-state index contributed by atoms with van der Waals surface area (Å²) in [5.41, 5.74) is 2.45. The van der Waals surface area contributed by atoms with Crippen molar-refractivity contribution in [2.75, 3.05) is 38.6 Å². The van der Waals surface area contributed by atoms with Gasteiger partial charge in [-0.15, -0.1) is 0 Å². The average molecular weight is 262 g/mol. The molecule has 4 nitrogen and oxygen atoms in total. The number of nitrogens with zero attached hydrogens (tertiary/aromatic N) is 3. The molecule has 0 bridgehead atoms. The van der Waals surface area contributed by atoms with Crippen molar-refractivity contribution in [3.05, 3.63) is 24.0 Å². The Morgan fingerprint density at radius 2 is 2.32 bits per heavy atom. The molecular formula is C15H26N4. The summed E-state index contributed by atoms with van der Waals surface area (Å²) < 4.78 is 0. The lowest BCUT2D eigenvalue weighted by molar-refractivity contribution is 0.315. The highest BCUT2D eigenvalue weighted by molar-refractivity contribution is 5.47. The van der Waals surface area contributed by atoms with Gasteiger partial charge in [-0.25, -0.2) is 0 Å². The van der Waals surface area contributed by atoms with Gasteiger partial charge in [0.1, 0.15) is 0 Å². The largest absolute Gasteiger partial charge is 0.370 e. The van der Waals surface area contributed by atoms with Gasteiger partial charge in [0.15, 0.2) is 0 Å². The minimum absolute atomic E-state index is 0.676. The number of rotatable bonds is 6. The van der Waals surface area contributed by atoms with Crippen molar-refractivity contribution in [3.63, 3.8) is 0 Å². The van der Waals surface area contributed by atoms with Gasteiger partial charge >= 0.3 is 0 Å². The average Bonchev–Trinajstić information content (AvgIpc) is 2.89. The fourth-order valence-corrected chi connectivity index (χ4v) is 2.55. The zero-order chi connectivity index (χ0) is 13.7. The van der Waals surface area contributed by atoms with E-state index in [-0.39, 0.29) is 0 Å². The van der Waals surface area contributed by atoms with Crippen LogP contribution in [0.2, 0.25) is 0 Å². The second-order valence-corrected chi connectivity index (χ2v) is 5.53. The van der Waals surface area contributed by atoms with Crippen LogP contribution >= 0.6 is 0 Å². The molecule has 1 aromatic heterocycles. The first-order chi connectivity index (χ1) is 9.20. The molecule has 1 atom stereocenters. The molecule has 1 N–H and O–H groups in total. The summed E-state index contributed by atoms with van der Waals surface area (Å²) in [6.45, 7) is 6.38. The standard InChI is InChI=1S/C15H26N4/c1-4-7-16-11-13-10-14(5-8-17-13)19-9-6-15(12-19)18(2)3/h5,8,10,15-16H,4,6-7,9,11-12H2,1-3H3. The van der Waals surface area contributed by atoms with E-state index >= 15 is 0 Å². The molecule has 0 spiro atoms. The van der Waals surface area contributed by atoms with E-state index < -0.39 is 0 Å². The fraction of sp³-hybridized carbons (Fsp3) is 0.667. The van der Waals surface area contributed by atoms with Crippen LogP contribution in [-0.2, 0) is 6.54 Å². The van der Waals surface area contributed by atoms with E-state index in [1.165, 1.54) is 12.1 Å². The quantitative estimate of drug-likeness (QED) is 0.791. The first-order valence-corrected chi connectivity index (χ1v) is 7.27. The van der Waals surface area contributed by atoms with Gasteiger partial charge in [0.25, 0.3) is 0 Å². The van der Waals surface area contributed by atoms with Gasteiger partial charge < -0.3 is 15.1 Å². The highest BCUT2D eigenvalue weighted by atomic mass is 15.2. The Labute approximate surface area is 116 Å². The molecule has 1 aromatic rings. The molecule has 2 rings (SSSR count). The summed E-state index contributed by atoms with van der Waals surface area (Å²) in [5, 5.41) is 3.41. The summed E-state index contributed by atoms with van der Waals surface area (Å²) in [7, 11) is 4.33. The van der Waals surface area contributed by atoms with Crippen LogP contribution < -0.4 is 10.2 Å². The number of aromatic nitrogens is 1. The fourth-order valence-electron chi connectivity index (χ4n) is 2.55. The van der Waals surface area contributed by atoms with Gasteiger partial charge in [-0.1, -0.05) is 6.92 Å². The van der Waals surface area contributed by atoms with Crippen LogP contribution in [0.3, 0.4) is 0 Å². The van der Waals surface area contributed by atoms with E-state index in [0.29, 0.717) is 6.04 Å². The molecule has 4 heteroatoms. The highest BCUT2D eigenvalue weighted by Gasteiger charge is 2.24. The Balaban J connectivity index is 1.95. The van der Waals surface area contributed by atoms with Gasteiger partial charge in [-0.3, -0.25) is 4.98 Å². The Kier molecular flexibility index (Phi) is 5.16. The molecule has 1 saturated heterocycles. The molecule has 0 amide bonds. The summed E-state index contributed by atoms with van der Waals surface area (Å²) >= 11 is 0.